The van der Waals surface area contributed by atoms with Gasteiger partial charge in [-0.3, -0.25) is 25.7 Å². The summed E-state index contributed by atoms with van der Waals surface area (Å²) in [6.45, 7) is 6.45. The van der Waals surface area contributed by atoms with Crippen LogP contribution in [0.5, 0.6) is 0 Å². The highest BCUT2D eigenvalue weighted by Crippen LogP contribution is 2.33. The minimum Gasteiger partial charge on any atom is -0.272 e. The van der Waals surface area contributed by atoms with Gasteiger partial charge in [-0.1, -0.05) is 20.8 Å². The highest BCUT2D eigenvalue weighted by molar-refractivity contribution is 5.88. The minimum atomic E-state index is -0.652. The van der Waals surface area contributed by atoms with E-state index in [1.54, 1.807) is 0 Å². The normalized spacial score (nSPS) is 22.6. The molecule has 1 aliphatic rings. The number of anilines is 1. The van der Waals surface area contributed by atoms with E-state index < -0.39 is 9.85 Å². The lowest BCUT2D eigenvalue weighted by Gasteiger charge is -2.30. The molecule has 0 spiro atoms. The van der Waals surface area contributed by atoms with Gasteiger partial charge in [0, 0.05) is 17.7 Å². The van der Waals surface area contributed by atoms with Crippen molar-refractivity contribution in [3.8, 4) is 0 Å². The summed E-state index contributed by atoms with van der Waals surface area (Å²) in [5, 5.41) is 26.4. The van der Waals surface area contributed by atoms with Crippen molar-refractivity contribution >= 4 is 22.8 Å². The first-order chi connectivity index (χ1) is 11.3. The molecule has 1 aliphatic carbocycles. The molecular formula is C16H22N4O4. The zero-order chi connectivity index (χ0) is 17.9. The lowest BCUT2D eigenvalue weighted by atomic mass is 9.76. The van der Waals surface area contributed by atoms with E-state index in [9.17, 15) is 20.2 Å². The molecule has 0 unspecified atom stereocenters. The molecule has 1 fully saturated rings. The molecule has 0 aliphatic heterocycles. The fraction of sp³-hybridized carbons (Fsp3) is 0.562. The molecule has 0 amide bonds. The Hall–Kier alpha value is -2.51. The van der Waals surface area contributed by atoms with Gasteiger partial charge in [0.2, 0.25) is 0 Å². The highest BCUT2D eigenvalue weighted by atomic mass is 16.6. The molecule has 0 heterocycles. The topological polar surface area (TPSA) is 111 Å². The third kappa shape index (κ3) is 4.06. The third-order valence-corrected chi connectivity index (χ3v) is 4.47. The zero-order valence-corrected chi connectivity index (χ0v) is 14.1. The van der Waals surface area contributed by atoms with Gasteiger partial charge in [-0.05, 0) is 37.2 Å². The van der Waals surface area contributed by atoms with Gasteiger partial charge in [0.05, 0.1) is 15.9 Å². The molecule has 130 valence electrons. The summed E-state index contributed by atoms with van der Waals surface area (Å²) >= 11 is 0. The lowest BCUT2D eigenvalue weighted by molar-refractivity contribution is -0.393. The number of nitro benzene ring substituents is 2. The van der Waals surface area contributed by atoms with Crippen molar-refractivity contribution in [1.82, 2.24) is 0 Å². The van der Waals surface area contributed by atoms with Crippen LogP contribution in [0.3, 0.4) is 0 Å². The summed E-state index contributed by atoms with van der Waals surface area (Å²) < 4.78 is 0. The van der Waals surface area contributed by atoms with Gasteiger partial charge >= 0.3 is 5.69 Å². The quantitative estimate of drug-likeness (QED) is 0.635. The number of nitrogens with one attached hydrogen (secondary N) is 1. The van der Waals surface area contributed by atoms with Crippen LogP contribution in [0.2, 0.25) is 0 Å². The molecule has 8 nitrogen and oxygen atoms in total. The van der Waals surface area contributed by atoms with E-state index in [4.69, 9.17) is 0 Å². The molecule has 0 radical (unpaired) electrons. The van der Waals surface area contributed by atoms with Crippen LogP contribution in [0.15, 0.2) is 23.3 Å². The van der Waals surface area contributed by atoms with Crippen LogP contribution in [0.25, 0.3) is 0 Å². The second kappa shape index (κ2) is 7.37. The monoisotopic (exact) mass is 334 g/mol. The molecular weight excluding hydrogens is 312 g/mol. The molecule has 24 heavy (non-hydrogen) atoms. The van der Waals surface area contributed by atoms with Crippen LogP contribution in [0.4, 0.5) is 17.1 Å². The highest BCUT2D eigenvalue weighted by Gasteiger charge is 2.27. The Morgan fingerprint density at radius 2 is 1.92 bits per heavy atom. The van der Waals surface area contributed by atoms with E-state index in [2.05, 4.69) is 31.3 Å². The van der Waals surface area contributed by atoms with Crippen molar-refractivity contribution in [3.63, 3.8) is 0 Å². The van der Waals surface area contributed by atoms with Crippen molar-refractivity contribution in [2.75, 3.05) is 5.43 Å². The fourth-order valence-electron chi connectivity index (χ4n) is 3.10. The number of hydrogen-bond donors (Lipinski definition) is 1. The summed E-state index contributed by atoms with van der Waals surface area (Å²) in [5.41, 5.74) is 3.27. The van der Waals surface area contributed by atoms with E-state index in [1.807, 2.05) is 0 Å². The van der Waals surface area contributed by atoms with Crippen molar-refractivity contribution < 1.29 is 9.85 Å². The third-order valence-electron chi connectivity index (χ3n) is 4.47. The second-order valence-electron chi connectivity index (χ2n) is 6.67. The summed E-state index contributed by atoms with van der Waals surface area (Å²) in [7, 11) is 0. The number of hydrogen-bond acceptors (Lipinski definition) is 6. The Bertz CT molecular complexity index is 672. The summed E-state index contributed by atoms with van der Waals surface area (Å²) in [6, 6.07) is 3.52. The van der Waals surface area contributed by atoms with E-state index in [-0.39, 0.29) is 17.1 Å². The van der Waals surface area contributed by atoms with Gasteiger partial charge in [-0.15, -0.1) is 0 Å². The average molecular weight is 334 g/mol. The number of non-ortho nitro benzene ring substituents is 1. The summed E-state index contributed by atoms with van der Waals surface area (Å²) in [4.78, 5) is 20.7. The Balaban J connectivity index is 2.29. The number of benzene rings is 1. The van der Waals surface area contributed by atoms with Crippen molar-refractivity contribution in [3.05, 3.63) is 38.4 Å². The summed E-state index contributed by atoms with van der Waals surface area (Å²) in [5.74, 6) is 1.34. The predicted octanol–water partition coefficient (Wildman–Crippen LogP) is 4.36. The van der Waals surface area contributed by atoms with Crippen LogP contribution in [0, 0.1) is 38.0 Å². The molecule has 0 bridgehead atoms. The molecule has 8 heteroatoms. The van der Waals surface area contributed by atoms with Gasteiger partial charge in [0.15, 0.2) is 0 Å². The van der Waals surface area contributed by atoms with E-state index in [1.165, 1.54) is 12.1 Å². The number of nitro groups is 2. The largest absolute Gasteiger partial charge is 0.301 e. The fourth-order valence-corrected chi connectivity index (χ4v) is 3.10. The Kier molecular flexibility index (Phi) is 5.48. The molecule has 1 N–H and O–H groups in total. The SMILES string of the molecule is CC(C)[C@H]1CC[C@H](C)C/C1=N\Nc1ccc([N+](=O)[O-])cc1[N+](=O)[O-]. The average Bonchev–Trinajstić information content (AvgIpc) is 2.52. The molecule has 0 aromatic heterocycles. The second-order valence-corrected chi connectivity index (χ2v) is 6.67. The van der Waals surface area contributed by atoms with Gasteiger partial charge < -0.3 is 0 Å². The van der Waals surface area contributed by atoms with Gasteiger partial charge in [-0.25, -0.2) is 0 Å². The Morgan fingerprint density at radius 1 is 1.21 bits per heavy atom. The molecule has 1 saturated carbocycles. The molecule has 2 atom stereocenters. The van der Waals surface area contributed by atoms with Crippen molar-refractivity contribution in [2.45, 2.75) is 40.0 Å². The number of hydrazone groups is 1. The first kappa shape index (κ1) is 17.8. The first-order valence-electron chi connectivity index (χ1n) is 8.05. The Morgan fingerprint density at radius 3 is 2.50 bits per heavy atom. The standard InChI is InChI=1S/C16H22N4O4/c1-10(2)13-6-4-11(3)8-15(13)18-17-14-7-5-12(19(21)22)9-16(14)20(23)24/h5,7,9-11,13,17H,4,6,8H2,1-3H3/b18-15+/t11-,13+/m0/s1. The molecule has 2 rings (SSSR count). The first-order valence-corrected chi connectivity index (χ1v) is 8.05. The number of rotatable bonds is 5. The lowest BCUT2D eigenvalue weighted by Crippen LogP contribution is -2.28. The maximum Gasteiger partial charge on any atom is 0.301 e. The van der Waals surface area contributed by atoms with E-state index in [0.29, 0.717) is 17.8 Å². The summed E-state index contributed by atoms with van der Waals surface area (Å²) in [6.07, 6.45) is 3.07. The van der Waals surface area contributed by atoms with Crippen LogP contribution < -0.4 is 5.43 Å². The van der Waals surface area contributed by atoms with Gasteiger partial charge in [0.1, 0.15) is 5.69 Å². The van der Waals surface area contributed by atoms with Crippen LogP contribution in [0.1, 0.15) is 40.0 Å². The Labute approximate surface area is 140 Å². The minimum absolute atomic E-state index is 0.166. The molecule has 1 aromatic carbocycles. The van der Waals surface area contributed by atoms with Gasteiger partial charge in [-0.2, -0.15) is 5.10 Å². The zero-order valence-electron chi connectivity index (χ0n) is 14.1. The van der Waals surface area contributed by atoms with Gasteiger partial charge in [0.25, 0.3) is 5.69 Å². The van der Waals surface area contributed by atoms with Crippen LogP contribution in [-0.2, 0) is 0 Å². The van der Waals surface area contributed by atoms with Crippen LogP contribution >= 0.6 is 0 Å². The maximum atomic E-state index is 11.2. The van der Waals surface area contributed by atoms with Crippen molar-refractivity contribution in [2.24, 2.45) is 22.9 Å². The number of nitrogens with zero attached hydrogens (tertiary/aromatic N) is 3. The van der Waals surface area contributed by atoms with E-state index in [0.717, 1.165) is 31.0 Å². The smallest absolute Gasteiger partial charge is 0.272 e. The van der Waals surface area contributed by atoms with E-state index >= 15 is 0 Å². The maximum absolute atomic E-state index is 11.2. The van der Waals surface area contributed by atoms with Crippen LogP contribution in [-0.4, -0.2) is 15.6 Å². The van der Waals surface area contributed by atoms with Crippen molar-refractivity contribution in [1.29, 1.82) is 0 Å². The molecule has 1 aromatic rings. The predicted molar refractivity (Wildman–Crippen MR) is 92.2 cm³/mol. The molecule has 0 saturated heterocycles.